The van der Waals surface area contributed by atoms with Crippen molar-refractivity contribution in [1.82, 2.24) is 24.5 Å². The summed E-state index contributed by atoms with van der Waals surface area (Å²) in [5, 5.41) is 10.00. The quantitative estimate of drug-likeness (QED) is 0.551. The Morgan fingerprint density at radius 1 is 1.12 bits per heavy atom. The smallest absolute Gasteiger partial charge is 0.368 e. The highest BCUT2D eigenvalue weighted by molar-refractivity contribution is 5.92. The van der Waals surface area contributed by atoms with E-state index in [1.807, 2.05) is 0 Å². The molecule has 0 aromatic carbocycles. The third-order valence-corrected chi connectivity index (χ3v) is 5.40. The van der Waals surface area contributed by atoms with Gasteiger partial charge in [0.2, 0.25) is 0 Å². The Morgan fingerprint density at radius 3 is 2.53 bits per heavy atom. The van der Waals surface area contributed by atoms with E-state index < -0.39 is 30.7 Å². The number of imidazole rings is 1. The van der Waals surface area contributed by atoms with Gasteiger partial charge in [-0.1, -0.05) is 6.07 Å². The topological polar surface area (TPSA) is 76.2 Å². The molecule has 1 aliphatic rings. The number of amides is 1. The Bertz CT molecular complexity index is 1080. The lowest BCUT2D eigenvalue weighted by Crippen LogP contribution is -2.40. The second kappa shape index (κ2) is 8.75. The van der Waals surface area contributed by atoms with Crippen molar-refractivity contribution < 1.29 is 26.7 Å². The summed E-state index contributed by atoms with van der Waals surface area (Å²) in [7, 11) is 0. The van der Waals surface area contributed by atoms with Crippen LogP contribution in [-0.4, -0.2) is 43.6 Å². The number of carbonyl (C=O) groups is 1. The minimum Gasteiger partial charge on any atom is -0.368 e. The zero-order chi connectivity index (χ0) is 22.9. The third-order valence-electron chi connectivity index (χ3n) is 5.40. The van der Waals surface area contributed by atoms with Crippen LogP contribution in [0.4, 0.5) is 27.8 Å². The first-order valence-electron chi connectivity index (χ1n) is 10.1. The fourth-order valence-electron chi connectivity index (χ4n) is 3.84. The molecular weight excluding hydrogens is 435 g/mol. The van der Waals surface area contributed by atoms with Crippen LogP contribution in [0.2, 0.25) is 0 Å². The molecule has 4 rings (SSSR count). The summed E-state index contributed by atoms with van der Waals surface area (Å²) in [6.45, 7) is -0.571. The predicted molar refractivity (Wildman–Crippen MR) is 106 cm³/mol. The maximum absolute atomic E-state index is 13.0. The van der Waals surface area contributed by atoms with E-state index in [-0.39, 0.29) is 23.4 Å². The zero-order valence-corrected chi connectivity index (χ0v) is 16.8. The van der Waals surface area contributed by atoms with Crippen molar-refractivity contribution in [3.05, 3.63) is 48.0 Å². The maximum Gasteiger partial charge on any atom is 0.434 e. The number of carbonyl (C=O) groups excluding carboxylic acids is 1. The number of nitrogens with zero attached hydrogens (tertiary/aromatic N) is 4. The monoisotopic (exact) mass is 456 g/mol. The average molecular weight is 456 g/mol. The van der Waals surface area contributed by atoms with Crippen LogP contribution in [0.25, 0.3) is 5.65 Å². The Hall–Kier alpha value is -3.18. The van der Waals surface area contributed by atoms with Gasteiger partial charge in [-0.3, -0.25) is 13.9 Å². The summed E-state index contributed by atoms with van der Waals surface area (Å²) in [5.41, 5.74) is -0.665. The number of pyridine rings is 1. The van der Waals surface area contributed by atoms with Gasteiger partial charge in [0.15, 0.2) is 5.69 Å². The minimum atomic E-state index is -4.52. The van der Waals surface area contributed by atoms with Crippen molar-refractivity contribution in [3.8, 4) is 0 Å². The highest BCUT2D eigenvalue weighted by Gasteiger charge is 2.34. The summed E-state index contributed by atoms with van der Waals surface area (Å²) < 4.78 is 66.2. The number of aromatic nitrogens is 4. The van der Waals surface area contributed by atoms with Crippen LogP contribution in [0.3, 0.4) is 0 Å². The third kappa shape index (κ3) is 5.00. The molecule has 172 valence electrons. The summed E-state index contributed by atoms with van der Waals surface area (Å²) >= 11 is 0. The second-order valence-electron chi connectivity index (χ2n) is 7.74. The molecule has 32 heavy (non-hydrogen) atoms. The van der Waals surface area contributed by atoms with Gasteiger partial charge in [0, 0.05) is 24.5 Å². The number of halogens is 5. The first kappa shape index (κ1) is 22.0. The summed E-state index contributed by atoms with van der Waals surface area (Å²) in [6, 6.07) is 6.17. The SMILES string of the molecule is O=C(NC1CCC(Nc2cccc3nc(C(F)(F)F)cn23)CC1)c1ccn(CC(F)F)n1. The van der Waals surface area contributed by atoms with Gasteiger partial charge in [-0.2, -0.15) is 18.3 Å². The van der Waals surface area contributed by atoms with Gasteiger partial charge in [0.25, 0.3) is 12.3 Å². The molecule has 0 bridgehead atoms. The Kier molecular flexibility index (Phi) is 6.02. The fourth-order valence-corrected chi connectivity index (χ4v) is 3.84. The molecule has 3 aromatic heterocycles. The van der Waals surface area contributed by atoms with E-state index in [0.29, 0.717) is 31.5 Å². The number of hydrogen-bond donors (Lipinski definition) is 2. The summed E-state index contributed by atoms with van der Waals surface area (Å²) in [4.78, 5) is 16.0. The molecule has 12 heteroatoms. The van der Waals surface area contributed by atoms with Gasteiger partial charge >= 0.3 is 6.18 Å². The van der Waals surface area contributed by atoms with Crippen LogP contribution in [0.1, 0.15) is 41.9 Å². The number of fused-ring (bicyclic) bond motifs is 1. The van der Waals surface area contributed by atoms with E-state index in [9.17, 15) is 26.7 Å². The molecular formula is C20H21F5N6O. The van der Waals surface area contributed by atoms with Crippen LogP contribution in [-0.2, 0) is 12.7 Å². The van der Waals surface area contributed by atoms with E-state index in [0.717, 1.165) is 10.9 Å². The molecule has 3 aromatic rings. The first-order valence-corrected chi connectivity index (χ1v) is 10.1. The molecule has 1 aliphatic carbocycles. The average Bonchev–Trinajstić information content (AvgIpc) is 3.36. The fraction of sp³-hybridized carbons (Fsp3) is 0.450. The maximum atomic E-state index is 13.0. The van der Waals surface area contributed by atoms with Crippen LogP contribution in [0.5, 0.6) is 0 Å². The van der Waals surface area contributed by atoms with E-state index in [1.165, 1.54) is 22.7 Å². The molecule has 7 nitrogen and oxygen atoms in total. The van der Waals surface area contributed by atoms with Crippen molar-refractivity contribution in [2.45, 2.75) is 56.9 Å². The molecule has 2 N–H and O–H groups in total. The largest absolute Gasteiger partial charge is 0.434 e. The number of alkyl halides is 5. The molecule has 3 heterocycles. The molecule has 0 aliphatic heterocycles. The van der Waals surface area contributed by atoms with Crippen molar-refractivity contribution in [1.29, 1.82) is 0 Å². The van der Waals surface area contributed by atoms with Gasteiger partial charge in [0.05, 0.1) is 0 Å². The molecule has 0 atom stereocenters. The van der Waals surface area contributed by atoms with Crippen LogP contribution >= 0.6 is 0 Å². The second-order valence-corrected chi connectivity index (χ2v) is 7.74. The molecule has 1 saturated carbocycles. The van der Waals surface area contributed by atoms with Gasteiger partial charge in [-0.15, -0.1) is 0 Å². The lowest BCUT2D eigenvalue weighted by Gasteiger charge is -2.30. The van der Waals surface area contributed by atoms with Gasteiger partial charge < -0.3 is 10.6 Å². The molecule has 0 unspecified atom stereocenters. The minimum absolute atomic E-state index is 0.0238. The number of anilines is 1. The van der Waals surface area contributed by atoms with Crippen LogP contribution < -0.4 is 10.6 Å². The molecule has 1 fully saturated rings. The number of nitrogens with one attached hydrogen (secondary N) is 2. The van der Waals surface area contributed by atoms with Gasteiger partial charge in [-0.25, -0.2) is 13.8 Å². The highest BCUT2D eigenvalue weighted by atomic mass is 19.4. The lowest BCUT2D eigenvalue weighted by atomic mass is 9.91. The van der Waals surface area contributed by atoms with Crippen LogP contribution in [0.15, 0.2) is 36.7 Å². The Balaban J connectivity index is 1.33. The molecule has 0 saturated heterocycles. The summed E-state index contributed by atoms with van der Waals surface area (Å²) in [5.74, 6) is 0.0971. The van der Waals surface area contributed by atoms with E-state index >= 15 is 0 Å². The van der Waals surface area contributed by atoms with E-state index in [1.54, 1.807) is 12.1 Å². The lowest BCUT2D eigenvalue weighted by molar-refractivity contribution is -0.140. The first-order chi connectivity index (χ1) is 15.2. The molecule has 0 spiro atoms. The normalized spacial score (nSPS) is 19.4. The van der Waals surface area contributed by atoms with Crippen molar-refractivity contribution in [3.63, 3.8) is 0 Å². The zero-order valence-electron chi connectivity index (χ0n) is 16.8. The predicted octanol–water partition coefficient (Wildman–Crippen LogP) is 3.97. The summed E-state index contributed by atoms with van der Waals surface area (Å²) in [6.07, 6.45) is -2.05. The standard InChI is InChI=1S/C20H21F5N6O/c21-16(22)11-30-9-8-14(29-30)19(32)27-13-6-4-12(5-7-13)26-17-2-1-3-18-28-15(10-31(17)18)20(23,24)25/h1-3,8-10,12-13,16,26H,4-7,11H2,(H,27,32). The van der Waals surface area contributed by atoms with Gasteiger partial charge in [-0.05, 0) is 43.9 Å². The van der Waals surface area contributed by atoms with E-state index in [2.05, 4.69) is 20.7 Å². The van der Waals surface area contributed by atoms with Crippen molar-refractivity contribution >= 4 is 17.4 Å². The number of rotatable bonds is 6. The molecule has 0 radical (unpaired) electrons. The van der Waals surface area contributed by atoms with E-state index in [4.69, 9.17) is 0 Å². The molecule has 1 amide bonds. The highest BCUT2D eigenvalue weighted by Crippen LogP contribution is 2.30. The van der Waals surface area contributed by atoms with Gasteiger partial charge in [0.1, 0.15) is 23.7 Å². The van der Waals surface area contributed by atoms with Crippen molar-refractivity contribution in [2.24, 2.45) is 0 Å². The number of hydrogen-bond acceptors (Lipinski definition) is 4. The Labute approximate surface area is 179 Å². The van der Waals surface area contributed by atoms with Crippen molar-refractivity contribution in [2.75, 3.05) is 5.32 Å². The van der Waals surface area contributed by atoms with Crippen LogP contribution in [0, 0.1) is 0 Å². The Morgan fingerprint density at radius 2 is 1.84 bits per heavy atom.